The Bertz CT molecular complexity index is 547. The zero-order valence-corrected chi connectivity index (χ0v) is 11.1. The Hall–Kier alpha value is -1.79. The number of nitrogens with two attached hydrogens (primary N) is 1. The van der Waals surface area contributed by atoms with E-state index in [-0.39, 0.29) is 5.96 Å². The fourth-order valence-electron chi connectivity index (χ4n) is 1.60. The van der Waals surface area contributed by atoms with Gasteiger partial charge in [-0.25, -0.2) is 4.99 Å². The number of alkyl halides is 2. The van der Waals surface area contributed by atoms with E-state index in [1.54, 1.807) is 30.3 Å². The van der Waals surface area contributed by atoms with Crippen molar-refractivity contribution in [3.63, 3.8) is 0 Å². The molecule has 4 N–H and O–H groups in total. The summed E-state index contributed by atoms with van der Waals surface area (Å²) in [5, 5.41) is 4.66. The van der Waals surface area contributed by atoms with Gasteiger partial charge in [0.15, 0.2) is 10.8 Å². The van der Waals surface area contributed by atoms with E-state index in [1.807, 2.05) is 0 Å². The highest BCUT2D eigenvalue weighted by molar-refractivity contribution is 6.47. The summed E-state index contributed by atoms with van der Waals surface area (Å²) in [4.78, 5) is 26.4. The van der Waals surface area contributed by atoms with Crippen molar-refractivity contribution in [1.29, 1.82) is 0 Å². The molecule has 2 amide bonds. The van der Waals surface area contributed by atoms with Crippen molar-refractivity contribution in [2.24, 2.45) is 10.7 Å². The first-order valence-electron chi connectivity index (χ1n) is 5.28. The Labute approximate surface area is 119 Å². The van der Waals surface area contributed by atoms with E-state index in [0.717, 1.165) is 0 Å². The van der Waals surface area contributed by atoms with Gasteiger partial charge in [-0.15, -0.1) is 0 Å². The Morgan fingerprint density at radius 3 is 2.47 bits per heavy atom. The smallest absolute Gasteiger partial charge is 0.278 e. The van der Waals surface area contributed by atoms with Crippen LogP contribution in [-0.4, -0.2) is 28.3 Å². The van der Waals surface area contributed by atoms with Gasteiger partial charge in [-0.3, -0.25) is 14.9 Å². The summed E-state index contributed by atoms with van der Waals surface area (Å²) < 4.78 is 0. The molecule has 0 saturated heterocycles. The SMILES string of the molecule is NC1=N[C@@](NC(=O)c2ccccc2)(C(Cl)Cl)C(=O)N1. The summed E-state index contributed by atoms with van der Waals surface area (Å²) in [5.74, 6) is -1.35. The van der Waals surface area contributed by atoms with Gasteiger partial charge in [-0.1, -0.05) is 41.4 Å². The molecule has 0 fully saturated rings. The van der Waals surface area contributed by atoms with Crippen molar-refractivity contribution in [3.05, 3.63) is 35.9 Å². The number of nitrogens with zero attached hydrogens (tertiary/aromatic N) is 1. The number of guanidine groups is 1. The monoisotopic (exact) mass is 300 g/mol. The van der Waals surface area contributed by atoms with Crippen LogP contribution in [-0.2, 0) is 4.79 Å². The molecule has 19 heavy (non-hydrogen) atoms. The topological polar surface area (TPSA) is 96.6 Å². The average Bonchev–Trinajstić information content (AvgIpc) is 2.66. The maximum Gasteiger partial charge on any atom is 0.278 e. The van der Waals surface area contributed by atoms with Crippen LogP contribution < -0.4 is 16.4 Å². The van der Waals surface area contributed by atoms with Crippen LogP contribution in [0.1, 0.15) is 10.4 Å². The number of halogens is 2. The second kappa shape index (κ2) is 5.07. The van der Waals surface area contributed by atoms with E-state index in [0.29, 0.717) is 5.56 Å². The third kappa shape index (κ3) is 2.50. The zero-order valence-electron chi connectivity index (χ0n) is 9.56. The van der Waals surface area contributed by atoms with Crippen molar-refractivity contribution in [2.45, 2.75) is 10.5 Å². The van der Waals surface area contributed by atoms with Crippen molar-refractivity contribution in [1.82, 2.24) is 10.6 Å². The van der Waals surface area contributed by atoms with E-state index in [1.165, 1.54) is 0 Å². The maximum atomic E-state index is 12.0. The lowest BCUT2D eigenvalue weighted by molar-refractivity contribution is -0.124. The van der Waals surface area contributed by atoms with Crippen LogP contribution in [0.3, 0.4) is 0 Å². The van der Waals surface area contributed by atoms with Gasteiger partial charge in [0, 0.05) is 5.56 Å². The van der Waals surface area contributed by atoms with Crippen molar-refractivity contribution in [3.8, 4) is 0 Å². The van der Waals surface area contributed by atoms with Crippen LogP contribution in [0.4, 0.5) is 0 Å². The summed E-state index contributed by atoms with van der Waals surface area (Å²) in [7, 11) is 0. The molecule has 0 unspecified atom stereocenters. The molecule has 0 spiro atoms. The molecule has 1 aliphatic rings. The number of hydrogen-bond acceptors (Lipinski definition) is 4. The number of benzene rings is 1. The predicted molar refractivity (Wildman–Crippen MR) is 71.9 cm³/mol. The van der Waals surface area contributed by atoms with Crippen molar-refractivity contribution < 1.29 is 9.59 Å². The molecule has 0 aliphatic carbocycles. The highest BCUT2D eigenvalue weighted by Crippen LogP contribution is 2.25. The van der Waals surface area contributed by atoms with Crippen LogP contribution in [0.15, 0.2) is 35.3 Å². The van der Waals surface area contributed by atoms with Gasteiger partial charge in [0.25, 0.3) is 11.8 Å². The molecule has 0 aromatic heterocycles. The van der Waals surface area contributed by atoms with Crippen LogP contribution in [0, 0.1) is 0 Å². The standard InChI is InChI=1S/C11H10Cl2N4O2/c12-8(13)11(9(19)15-10(14)17-11)16-7(18)6-4-2-1-3-5-6/h1-5,8H,(H,16,18)(H3,14,15,17,19)/t11-/m0/s1. The molecule has 1 heterocycles. The minimum absolute atomic E-state index is 0.148. The molecule has 1 aromatic rings. The molecule has 2 rings (SSSR count). The Morgan fingerprint density at radius 1 is 1.37 bits per heavy atom. The van der Waals surface area contributed by atoms with Gasteiger partial charge in [0.05, 0.1) is 0 Å². The fraction of sp³-hybridized carbons (Fsp3) is 0.182. The predicted octanol–water partition coefficient (Wildman–Crippen LogP) is 0.361. The van der Waals surface area contributed by atoms with Gasteiger partial charge in [0.1, 0.15) is 0 Å². The third-order valence-corrected chi connectivity index (χ3v) is 3.17. The lowest BCUT2D eigenvalue weighted by Gasteiger charge is -2.25. The Morgan fingerprint density at radius 2 is 2.00 bits per heavy atom. The van der Waals surface area contributed by atoms with Crippen molar-refractivity contribution >= 4 is 41.0 Å². The van der Waals surface area contributed by atoms with Crippen molar-refractivity contribution in [2.75, 3.05) is 0 Å². The van der Waals surface area contributed by atoms with Crippen LogP contribution >= 0.6 is 23.2 Å². The molecule has 0 radical (unpaired) electrons. The van der Waals surface area contributed by atoms with E-state index < -0.39 is 22.3 Å². The van der Waals surface area contributed by atoms with Gasteiger partial charge < -0.3 is 11.1 Å². The fourth-order valence-corrected chi connectivity index (χ4v) is 2.01. The summed E-state index contributed by atoms with van der Waals surface area (Å²) >= 11 is 11.5. The molecule has 1 aliphatic heterocycles. The van der Waals surface area contributed by atoms with Gasteiger partial charge in [0.2, 0.25) is 5.66 Å². The number of amides is 2. The number of aliphatic imine (C=N–C) groups is 1. The van der Waals surface area contributed by atoms with Crippen LogP contribution in [0.5, 0.6) is 0 Å². The molecule has 0 saturated carbocycles. The number of carbonyl (C=O) groups is 2. The number of rotatable bonds is 3. The highest BCUT2D eigenvalue weighted by atomic mass is 35.5. The molecule has 6 nitrogen and oxygen atoms in total. The molecule has 0 bridgehead atoms. The Kier molecular flexibility index (Phi) is 3.64. The van der Waals surface area contributed by atoms with E-state index in [2.05, 4.69) is 15.6 Å². The second-order valence-electron chi connectivity index (χ2n) is 3.84. The van der Waals surface area contributed by atoms with E-state index >= 15 is 0 Å². The first kappa shape index (κ1) is 13.6. The first-order chi connectivity index (χ1) is 8.95. The summed E-state index contributed by atoms with van der Waals surface area (Å²) in [6, 6.07) is 8.30. The highest BCUT2D eigenvalue weighted by Gasteiger charge is 2.50. The van der Waals surface area contributed by atoms with E-state index in [9.17, 15) is 9.59 Å². The van der Waals surface area contributed by atoms with E-state index in [4.69, 9.17) is 28.9 Å². The summed E-state index contributed by atoms with van der Waals surface area (Å²) in [6.45, 7) is 0. The summed E-state index contributed by atoms with van der Waals surface area (Å²) in [5.41, 5.74) is 3.95. The zero-order chi connectivity index (χ0) is 14.0. The van der Waals surface area contributed by atoms with Gasteiger partial charge >= 0.3 is 0 Å². The normalized spacial score (nSPS) is 22.1. The molecular formula is C11H10Cl2N4O2. The largest absolute Gasteiger partial charge is 0.370 e. The lowest BCUT2D eigenvalue weighted by atomic mass is 10.1. The quantitative estimate of drug-likeness (QED) is 0.703. The second-order valence-corrected chi connectivity index (χ2v) is 4.93. The molecule has 8 heteroatoms. The number of carbonyl (C=O) groups excluding carboxylic acids is 2. The molecule has 1 atom stereocenters. The van der Waals surface area contributed by atoms with Gasteiger partial charge in [-0.05, 0) is 12.1 Å². The maximum absolute atomic E-state index is 12.0. The van der Waals surface area contributed by atoms with Crippen LogP contribution in [0.25, 0.3) is 0 Å². The first-order valence-corrected chi connectivity index (χ1v) is 6.15. The number of nitrogens with one attached hydrogen (secondary N) is 2. The number of hydrogen-bond donors (Lipinski definition) is 3. The van der Waals surface area contributed by atoms with Gasteiger partial charge in [-0.2, -0.15) is 0 Å². The third-order valence-electron chi connectivity index (χ3n) is 2.54. The minimum atomic E-state index is -1.81. The average molecular weight is 301 g/mol. The Balaban J connectivity index is 2.29. The molecular weight excluding hydrogens is 291 g/mol. The summed E-state index contributed by atoms with van der Waals surface area (Å²) in [6.07, 6.45) is 0. The van der Waals surface area contributed by atoms with Crippen LogP contribution in [0.2, 0.25) is 0 Å². The molecule has 1 aromatic carbocycles. The minimum Gasteiger partial charge on any atom is -0.370 e. The molecule has 100 valence electrons. The lowest BCUT2D eigenvalue weighted by Crippen LogP contribution is -2.58.